The van der Waals surface area contributed by atoms with E-state index in [9.17, 15) is 23.2 Å². The first-order valence-corrected chi connectivity index (χ1v) is 10.8. The number of nitrogens with zero attached hydrogens (tertiary/aromatic N) is 3. The van der Waals surface area contributed by atoms with Crippen LogP contribution in [0, 0.1) is 17.1 Å². The van der Waals surface area contributed by atoms with Gasteiger partial charge in [0.25, 0.3) is 0 Å². The van der Waals surface area contributed by atoms with Crippen molar-refractivity contribution >= 4 is 21.9 Å². The molecule has 0 saturated heterocycles. The van der Waals surface area contributed by atoms with Crippen LogP contribution in [0.25, 0.3) is 11.3 Å². The van der Waals surface area contributed by atoms with Gasteiger partial charge in [-0.15, -0.1) is 0 Å². The molecule has 1 atom stereocenters. The third-order valence-electron chi connectivity index (χ3n) is 4.66. The Kier molecular flexibility index (Phi) is 8.24. The van der Waals surface area contributed by atoms with Crippen LogP contribution in [0.3, 0.4) is 0 Å². The fraction of sp³-hybridized carbons (Fsp3) is 0.261. The van der Waals surface area contributed by atoms with Gasteiger partial charge in [0.2, 0.25) is 5.88 Å². The average molecular weight is 554 g/mol. The molecule has 2 aromatic carbocycles. The topological polar surface area (TPSA) is 95.6 Å². The van der Waals surface area contributed by atoms with Crippen LogP contribution in [0.2, 0.25) is 0 Å². The molecule has 0 radical (unpaired) electrons. The molecule has 0 saturated carbocycles. The van der Waals surface area contributed by atoms with Crippen molar-refractivity contribution in [1.82, 2.24) is 9.78 Å². The third kappa shape index (κ3) is 6.24. The summed E-state index contributed by atoms with van der Waals surface area (Å²) >= 11 is 3.12. The molecule has 3 rings (SSSR count). The molecule has 3 aromatic rings. The molecule has 1 heterocycles. The van der Waals surface area contributed by atoms with Gasteiger partial charge in [-0.1, -0.05) is 0 Å². The van der Waals surface area contributed by atoms with E-state index in [0.717, 1.165) is 10.7 Å². The Morgan fingerprint density at radius 1 is 1.20 bits per heavy atom. The predicted molar refractivity (Wildman–Crippen MR) is 121 cm³/mol. The van der Waals surface area contributed by atoms with E-state index in [0.29, 0.717) is 11.5 Å². The van der Waals surface area contributed by atoms with Crippen LogP contribution in [0.4, 0.5) is 13.2 Å². The van der Waals surface area contributed by atoms with E-state index < -0.39 is 24.5 Å². The van der Waals surface area contributed by atoms with E-state index in [1.165, 1.54) is 20.2 Å². The highest BCUT2D eigenvalue weighted by Crippen LogP contribution is 2.39. The van der Waals surface area contributed by atoms with Gasteiger partial charge in [-0.05, 0) is 59.3 Å². The van der Waals surface area contributed by atoms with Crippen molar-refractivity contribution in [2.45, 2.75) is 26.1 Å². The van der Waals surface area contributed by atoms with Crippen molar-refractivity contribution in [2.75, 3.05) is 7.11 Å². The summed E-state index contributed by atoms with van der Waals surface area (Å²) in [6.07, 6.45) is -0.346. The number of benzene rings is 2. The summed E-state index contributed by atoms with van der Waals surface area (Å²) in [4.78, 5) is 11.3. The lowest BCUT2D eigenvalue weighted by molar-refractivity contribution is -0.142. The van der Waals surface area contributed by atoms with Crippen LogP contribution >= 0.6 is 15.9 Å². The number of hydrogen-bond acceptors (Lipinski definition) is 7. The number of esters is 1. The summed E-state index contributed by atoms with van der Waals surface area (Å²) in [5.41, 5.74) is -0.199. The van der Waals surface area contributed by atoms with E-state index >= 15 is 0 Å². The molecule has 1 aromatic heterocycles. The second kappa shape index (κ2) is 11.1. The summed E-state index contributed by atoms with van der Waals surface area (Å²) < 4.78 is 61.7. The molecule has 8 nitrogen and oxygen atoms in total. The fourth-order valence-corrected chi connectivity index (χ4v) is 3.72. The molecule has 0 N–H and O–H groups in total. The molecule has 0 aliphatic carbocycles. The molecule has 0 amide bonds. The second-order valence-electron chi connectivity index (χ2n) is 7.19. The molecule has 0 spiro atoms. The Balaban J connectivity index is 1.87. The summed E-state index contributed by atoms with van der Waals surface area (Å²) in [6, 6.07) is 10.4. The first-order chi connectivity index (χ1) is 16.6. The number of nitriles is 1. The molecule has 0 bridgehead atoms. The van der Waals surface area contributed by atoms with Crippen LogP contribution in [0.1, 0.15) is 18.9 Å². The quantitative estimate of drug-likeness (QED) is 0.319. The number of halogens is 4. The Morgan fingerprint density at radius 2 is 1.86 bits per heavy atom. The second-order valence-corrected chi connectivity index (χ2v) is 7.99. The minimum absolute atomic E-state index is 0.0115. The summed E-state index contributed by atoms with van der Waals surface area (Å²) in [5, 5.41) is 13.5. The number of hydrogen-bond donors (Lipinski definition) is 0. The highest BCUT2D eigenvalue weighted by atomic mass is 79.9. The van der Waals surface area contributed by atoms with Crippen molar-refractivity contribution in [2.24, 2.45) is 7.05 Å². The summed E-state index contributed by atoms with van der Waals surface area (Å²) in [7, 11) is 2.65. The number of rotatable bonds is 9. The zero-order chi connectivity index (χ0) is 25.7. The summed E-state index contributed by atoms with van der Waals surface area (Å²) in [5.74, 6) is -0.698. The van der Waals surface area contributed by atoms with Gasteiger partial charge >= 0.3 is 12.6 Å². The molecule has 0 fully saturated rings. The van der Waals surface area contributed by atoms with Crippen LogP contribution < -0.4 is 14.2 Å². The maximum Gasteiger partial charge on any atom is 0.388 e. The van der Waals surface area contributed by atoms with Crippen LogP contribution in [-0.2, 0) is 16.6 Å². The van der Waals surface area contributed by atoms with Crippen molar-refractivity contribution < 1.29 is 36.9 Å². The van der Waals surface area contributed by atoms with Crippen molar-refractivity contribution in [3.8, 4) is 40.5 Å². The molecule has 12 heteroatoms. The van der Waals surface area contributed by atoms with Crippen molar-refractivity contribution in [3.63, 3.8) is 0 Å². The van der Waals surface area contributed by atoms with Gasteiger partial charge in [-0.2, -0.15) is 19.1 Å². The third-order valence-corrected chi connectivity index (χ3v) is 5.37. The van der Waals surface area contributed by atoms with Crippen LogP contribution in [0.15, 0.2) is 40.9 Å². The number of methoxy groups -OCH3 is 1. The van der Waals surface area contributed by atoms with Crippen molar-refractivity contribution in [3.05, 3.63) is 52.3 Å². The van der Waals surface area contributed by atoms with Gasteiger partial charge in [0.1, 0.15) is 45.4 Å². The molecule has 0 aliphatic rings. The minimum Gasteiger partial charge on any atom is -0.490 e. The monoisotopic (exact) mass is 553 g/mol. The molecule has 184 valence electrons. The van der Waals surface area contributed by atoms with E-state index in [2.05, 4.69) is 30.5 Å². The van der Waals surface area contributed by atoms with E-state index in [1.807, 2.05) is 6.07 Å². The fourth-order valence-electron chi connectivity index (χ4n) is 3.08. The smallest absolute Gasteiger partial charge is 0.388 e. The first kappa shape index (κ1) is 25.9. The lowest BCUT2D eigenvalue weighted by Crippen LogP contribution is -2.17. The Bertz CT molecular complexity index is 1260. The van der Waals surface area contributed by atoms with E-state index in [-0.39, 0.29) is 39.3 Å². The van der Waals surface area contributed by atoms with Gasteiger partial charge in [0, 0.05) is 12.6 Å². The minimum atomic E-state index is -3.10. The van der Waals surface area contributed by atoms with Gasteiger partial charge in [0.15, 0.2) is 0 Å². The maximum atomic E-state index is 14.8. The Morgan fingerprint density at radius 3 is 2.46 bits per heavy atom. The molecule has 35 heavy (non-hydrogen) atoms. The first-order valence-electron chi connectivity index (χ1n) is 10.1. The highest BCUT2D eigenvalue weighted by Gasteiger charge is 2.23. The van der Waals surface area contributed by atoms with Gasteiger partial charge in [-0.3, -0.25) is 4.79 Å². The van der Waals surface area contributed by atoms with Gasteiger partial charge in [-0.25, -0.2) is 9.07 Å². The SMILES string of the molecule is COC(=O)CC(C)Oc1ccc(Oc2cc(-c3nn(C)c(OC(F)F)c3Br)c(F)cc2C#N)cc1. The zero-order valence-corrected chi connectivity index (χ0v) is 20.3. The Labute approximate surface area is 206 Å². The number of carbonyl (C=O) groups is 1. The van der Waals surface area contributed by atoms with Crippen LogP contribution in [-0.4, -0.2) is 35.6 Å². The lowest BCUT2D eigenvalue weighted by Gasteiger charge is -2.14. The number of ether oxygens (including phenoxy) is 4. The number of carbonyl (C=O) groups excluding carboxylic acids is 1. The normalized spacial score (nSPS) is 11.6. The molecule has 1 unspecified atom stereocenters. The Hall–Kier alpha value is -3.72. The van der Waals surface area contributed by atoms with Gasteiger partial charge < -0.3 is 18.9 Å². The maximum absolute atomic E-state index is 14.8. The van der Waals surface area contributed by atoms with E-state index in [1.54, 1.807) is 31.2 Å². The largest absolute Gasteiger partial charge is 0.490 e. The standard InChI is InChI=1S/C23H19BrF3N3O5/c1-12(8-19(31)32-3)33-14-4-6-15(7-5-14)34-18-10-16(17(25)9-13(18)11-28)21-20(24)22(30(2)29-21)35-23(26)27/h4-7,9-10,12,23H,8H2,1-3H3. The zero-order valence-electron chi connectivity index (χ0n) is 18.7. The lowest BCUT2D eigenvalue weighted by atomic mass is 10.1. The predicted octanol–water partition coefficient (Wildman–Crippen LogP) is 5.58. The van der Waals surface area contributed by atoms with Gasteiger partial charge in [0.05, 0.1) is 19.1 Å². The number of alkyl halides is 2. The highest BCUT2D eigenvalue weighted by molar-refractivity contribution is 9.10. The molecular formula is C23H19BrF3N3O5. The number of aromatic nitrogens is 2. The summed E-state index contributed by atoms with van der Waals surface area (Å²) in [6.45, 7) is -1.39. The van der Waals surface area contributed by atoms with Crippen LogP contribution in [0.5, 0.6) is 23.1 Å². The van der Waals surface area contributed by atoms with Crippen molar-refractivity contribution in [1.29, 1.82) is 5.26 Å². The van der Waals surface area contributed by atoms with E-state index in [4.69, 9.17) is 9.47 Å². The average Bonchev–Trinajstić information content (AvgIpc) is 3.08. The number of aryl methyl sites for hydroxylation is 1. The molecule has 0 aliphatic heterocycles. The molecular weight excluding hydrogens is 535 g/mol.